The van der Waals surface area contributed by atoms with Crippen LogP contribution in [-0.4, -0.2) is 42.2 Å². The predicted octanol–water partition coefficient (Wildman–Crippen LogP) is 2.25. The fourth-order valence-corrected chi connectivity index (χ4v) is 2.45. The van der Waals surface area contributed by atoms with Crippen LogP contribution in [0.4, 0.5) is 11.4 Å². The van der Waals surface area contributed by atoms with Crippen molar-refractivity contribution in [3.63, 3.8) is 0 Å². The van der Waals surface area contributed by atoms with Crippen LogP contribution in [0.3, 0.4) is 0 Å². The molecule has 110 valence electrons. The van der Waals surface area contributed by atoms with Gasteiger partial charge in [0.2, 0.25) is 0 Å². The largest absolute Gasteiger partial charge is 0.383 e. The normalized spacial score (nSPS) is 18.8. The molecule has 0 bridgehead atoms. The van der Waals surface area contributed by atoms with Gasteiger partial charge in [-0.1, -0.05) is 6.07 Å². The van der Waals surface area contributed by atoms with Crippen LogP contribution in [0.1, 0.15) is 19.4 Å². The van der Waals surface area contributed by atoms with E-state index >= 15 is 0 Å². The van der Waals surface area contributed by atoms with Gasteiger partial charge >= 0.3 is 0 Å². The molecule has 1 fully saturated rings. The number of anilines is 1. The Morgan fingerprint density at radius 2 is 2.25 bits per heavy atom. The maximum Gasteiger partial charge on any atom is 0.292 e. The second-order valence-electron chi connectivity index (χ2n) is 5.65. The SMILES string of the molecule is CNc1cc(CN2CCOCC2(C)C)ccc1[N+](=O)[O-]. The van der Waals surface area contributed by atoms with Gasteiger partial charge in [-0.05, 0) is 25.5 Å². The van der Waals surface area contributed by atoms with Crippen LogP contribution in [0.2, 0.25) is 0 Å². The summed E-state index contributed by atoms with van der Waals surface area (Å²) in [5, 5.41) is 13.8. The number of hydrogen-bond donors (Lipinski definition) is 1. The van der Waals surface area contributed by atoms with Gasteiger partial charge in [0.15, 0.2) is 0 Å². The number of nitrogens with one attached hydrogen (secondary N) is 1. The van der Waals surface area contributed by atoms with Gasteiger partial charge in [0.1, 0.15) is 5.69 Å². The molecule has 2 rings (SSSR count). The third kappa shape index (κ3) is 3.08. The molecular formula is C14H21N3O3. The monoisotopic (exact) mass is 279 g/mol. The highest BCUT2D eigenvalue weighted by Crippen LogP contribution is 2.27. The highest BCUT2D eigenvalue weighted by molar-refractivity contribution is 5.62. The van der Waals surface area contributed by atoms with Gasteiger partial charge in [-0.25, -0.2) is 0 Å². The van der Waals surface area contributed by atoms with E-state index in [0.717, 1.165) is 25.3 Å². The first-order chi connectivity index (χ1) is 9.44. The minimum absolute atomic E-state index is 0.0141. The summed E-state index contributed by atoms with van der Waals surface area (Å²) in [6.07, 6.45) is 0. The van der Waals surface area contributed by atoms with Crippen molar-refractivity contribution in [2.45, 2.75) is 25.9 Å². The Labute approximate surface area is 118 Å². The van der Waals surface area contributed by atoms with Crippen molar-refractivity contribution >= 4 is 11.4 Å². The van der Waals surface area contributed by atoms with E-state index in [2.05, 4.69) is 24.1 Å². The predicted molar refractivity (Wildman–Crippen MR) is 78.0 cm³/mol. The molecule has 0 amide bonds. The number of benzene rings is 1. The summed E-state index contributed by atoms with van der Waals surface area (Å²) in [6, 6.07) is 5.24. The zero-order valence-electron chi connectivity index (χ0n) is 12.2. The molecule has 6 heteroatoms. The molecule has 0 atom stereocenters. The minimum Gasteiger partial charge on any atom is -0.383 e. The number of nitrogens with zero attached hydrogens (tertiary/aromatic N) is 2. The first kappa shape index (κ1) is 14.7. The van der Waals surface area contributed by atoms with Crippen LogP contribution in [0.25, 0.3) is 0 Å². The number of hydrogen-bond acceptors (Lipinski definition) is 5. The quantitative estimate of drug-likeness (QED) is 0.676. The van der Waals surface area contributed by atoms with E-state index < -0.39 is 0 Å². The summed E-state index contributed by atoms with van der Waals surface area (Å²) < 4.78 is 5.50. The van der Waals surface area contributed by atoms with Crippen LogP contribution in [0.15, 0.2) is 18.2 Å². The van der Waals surface area contributed by atoms with Crippen molar-refractivity contribution in [1.82, 2.24) is 4.90 Å². The lowest BCUT2D eigenvalue weighted by Crippen LogP contribution is -2.52. The standard InChI is InChI=1S/C14H21N3O3/c1-14(2)10-20-7-6-16(14)9-11-4-5-13(17(18)19)12(8-11)15-3/h4-5,8,15H,6-7,9-10H2,1-3H3. The van der Waals surface area contributed by atoms with E-state index in [1.54, 1.807) is 13.1 Å². The van der Waals surface area contributed by atoms with E-state index in [4.69, 9.17) is 4.74 Å². The fourth-order valence-electron chi connectivity index (χ4n) is 2.45. The summed E-state index contributed by atoms with van der Waals surface area (Å²) in [4.78, 5) is 12.9. The Morgan fingerprint density at radius 3 is 2.85 bits per heavy atom. The molecule has 1 aromatic carbocycles. The molecule has 0 saturated carbocycles. The lowest BCUT2D eigenvalue weighted by Gasteiger charge is -2.42. The molecule has 0 aliphatic carbocycles. The topological polar surface area (TPSA) is 67.6 Å². The molecule has 1 aliphatic rings. The summed E-state index contributed by atoms with van der Waals surface area (Å²) in [7, 11) is 1.70. The van der Waals surface area contributed by atoms with E-state index in [1.807, 2.05) is 12.1 Å². The first-order valence-electron chi connectivity index (χ1n) is 6.72. The van der Waals surface area contributed by atoms with E-state index in [9.17, 15) is 10.1 Å². The number of morpholine rings is 1. The maximum absolute atomic E-state index is 10.9. The molecular weight excluding hydrogens is 258 g/mol. The molecule has 20 heavy (non-hydrogen) atoms. The summed E-state index contributed by atoms with van der Waals surface area (Å²) in [6.45, 7) is 7.38. The minimum atomic E-state index is -0.367. The van der Waals surface area contributed by atoms with E-state index in [0.29, 0.717) is 12.3 Å². The van der Waals surface area contributed by atoms with E-state index in [-0.39, 0.29) is 16.1 Å². The Morgan fingerprint density at radius 1 is 1.50 bits per heavy atom. The zero-order valence-corrected chi connectivity index (χ0v) is 12.2. The highest BCUT2D eigenvalue weighted by Gasteiger charge is 2.30. The number of rotatable bonds is 4. The van der Waals surface area contributed by atoms with E-state index in [1.165, 1.54) is 0 Å². The fraction of sp³-hybridized carbons (Fsp3) is 0.571. The smallest absolute Gasteiger partial charge is 0.292 e. The van der Waals surface area contributed by atoms with Crippen LogP contribution < -0.4 is 5.32 Å². The van der Waals surface area contributed by atoms with Crippen LogP contribution in [0.5, 0.6) is 0 Å². The Hall–Kier alpha value is -1.66. The van der Waals surface area contributed by atoms with Gasteiger partial charge in [0.05, 0.1) is 18.1 Å². The molecule has 1 aliphatic heterocycles. The van der Waals surface area contributed by atoms with Crippen LogP contribution in [0, 0.1) is 10.1 Å². The van der Waals surface area contributed by atoms with Gasteiger partial charge < -0.3 is 10.1 Å². The van der Waals surface area contributed by atoms with Crippen LogP contribution in [-0.2, 0) is 11.3 Å². The zero-order chi connectivity index (χ0) is 14.8. The van der Waals surface area contributed by atoms with Crippen molar-refractivity contribution in [2.24, 2.45) is 0 Å². The summed E-state index contributed by atoms with van der Waals surface area (Å²) in [5.74, 6) is 0. The molecule has 1 saturated heterocycles. The molecule has 0 aromatic heterocycles. The highest BCUT2D eigenvalue weighted by atomic mass is 16.6. The van der Waals surface area contributed by atoms with Crippen LogP contribution >= 0.6 is 0 Å². The van der Waals surface area contributed by atoms with Crippen molar-refractivity contribution in [2.75, 3.05) is 32.1 Å². The Balaban J connectivity index is 2.19. The Kier molecular flexibility index (Phi) is 4.25. The van der Waals surface area contributed by atoms with Gasteiger partial charge in [-0.15, -0.1) is 0 Å². The molecule has 1 N–H and O–H groups in total. The van der Waals surface area contributed by atoms with Crippen molar-refractivity contribution < 1.29 is 9.66 Å². The number of ether oxygens (including phenoxy) is 1. The maximum atomic E-state index is 10.9. The van der Waals surface area contributed by atoms with Gasteiger partial charge in [-0.3, -0.25) is 15.0 Å². The third-order valence-electron chi connectivity index (χ3n) is 3.72. The third-order valence-corrected chi connectivity index (χ3v) is 3.72. The van der Waals surface area contributed by atoms with Gasteiger partial charge in [0, 0.05) is 31.7 Å². The second kappa shape index (κ2) is 5.76. The van der Waals surface area contributed by atoms with Crippen molar-refractivity contribution in [3.8, 4) is 0 Å². The molecule has 1 heterocycles. The lowest BCUT2D eigenvalue weighted by atomic mass is 10.0. The number of nitro benzene ring substituents is 1. The molecule has 0 radical (unpaired) electrons. The molecule has 6 nitrogen and oxygen atoms in total. The average molecular weight is 279 g/mol. The lowest BCUT2D eigenvalue weighted by molar-refractivity contribution is -0.384. The first-order valence-corrected chi connectivity index (χ1v) is 6.72. The summed E-state index contributed by atoms with van der Waals surface area (Å²) in [5.41, 5.74) is 1.71. The Bertz CT molecular complexity index is 502. The van der Waals surface area contributed by atoms with Gasteiger partial charge in [-0.2, -0.15) is 0 Å². The van der Waals surface area contributed by atoms with Gasteiger partial charge in [0.25, 0.3) is 5.69 Å². The molecule has 1 aromatic rings. The average Bonchev–Trinajstić information content (AvgIpc) is 2.40. The molecule has 0 unspecified atom stereocenters. The summed E-state index contributed by atoms with van der Waals surface area (Å²) >= 11 is 0. The van der Waals surface area contributed by atoms with Crippen molar-refractivity contribution in [3.05, 3.63) is 33.9 Å². The second-order valence-corrected chi connectivity index (χ2v) is 5.65. The number of nitro groups is 1. The molecule has 0 spiro atoms. The van der Waals surface area contributed by atoms with Crippen molar-refractivity contribution in [1.29, 1.82) is 0 Å².